The van der Waals surface area contributed by atoms with E-state index < -0.39 is 17.5 Å². The first-order valence-electron chi connectivity index (χ1n) is 4.02. The molecule has 0 aromatic heterocycles. The normalized spacial score (nSPS) is 12.8. The minimum Gasteiger partial charge on any atom is -0.473 e. The molecular weight excluding hydrogens is 206 g/mol. The van der Waals surface area contributed by atoms with Crippen LogP contribution in [0.1, 0.15) is 20.3 Å². The highest BCUT2D eigenvalue weighted by atomic mass is 16.5. The van der Waals surface area contributed by atoms with Crippen molar-refractivity contribution in [3.8, 4) is 0 Å². The van der Waals surface area contributed by atoms with Crippen molar-refractivity contribution in [2.24, 2.45) is 5.73 Å². The van der Waals surface area contributed by atoms with E-state index in [-0.39, 0.29) is 5.97 Å². The zero-order chi connectivity index (χ0) is 12.6. The minimum absolute atomic E-state index is 0.356. The Morgan fingerprint density at radius 2 is 1.60 bits per heavy atom. The number of ether oxygens (including phenoxy) is 1. The summed E-state index contributed by atoms with van der Waals surface area (Å²) in [5, 5.41) is 14.8. The Morgan fingerprint density at radius 3 is 1.67 bits per heavy atom. The van der Waals surface area contributed by atoms with Gasteiger partial charge >= 0.3 is 17.9 Å². The quantitative estimate of drug-likeness (QED) is 0.421. The summed E-state index contributed by atoms with van der Waals surface area (Å²) in [6.07, 6.45) is 0.597. The molecule has 0 rings (SSSR count). The Bertz CT molecular complexity index is 236. The maximum Gasteiger partial charge on any atom is 0.414 e. The van der Waals surface area contributed by atoms with Gasteiger partial charge in [-0.25, -0.2) is 9.59 Å². The maximum absolute atomic E-state index is 10.7. The van der Waals surface area contributed by atoms with Gasteiger partial charge in [-0.15, -0.1) is 0 Å². The predicted octanol–water partition coefficient (Wildman–Crippen LogP) is -0.558. The van der Waals surface area contributed by atoms with Crippen LogP contribution in [0.15, 0.2) is 0 Å². The average Bonchev–Trinajstić information content (AvgIpc) is 2.17. The molecule has 0 heterocycles. The Hall–Kier alpha value is -1.63. The largest absolute Gasteiger partial charge is 0.473 e. The Balaban J connectivity index is 0. The predicted molar refractivity (Wildman–Crippen MR) is 50.2 cm³/mol. The number of methoxy groups -OCH3 is 1. The molecule has 0 saturated heterocycles. The molecule has 0 saturated carbocycles. The summed E-state index contributed by atoms with van der Waals surface area (Å²) < 4.78 is 4.44. The van der Waals surface area contributed by atoms with Gasteiger partial charge in [-0.1, -0.05) is 6.92 Å². The first kappa shape index (κ1) is 15.8. The molecule has 88 valence electrons. The summed E-state index contributed by atoms with van der Waals surface area (Å²) in [7, 11) is 1.34. The molecule has 0 aromatic rings. The van der Waals surface area contributed by atoms with Gasteiger partial charge in [-0.2, -0.15) is 0 Å². The SMILES string of the molecule is CCC(C)(N)C(=O)OC.O=C(O)C(=O)O. The highest BCUT2D eigenvalue weighted by Gasteiger charge is 2.26. The number of hydrogen-bond donors (Lipinski definition) is 3. The third-order valence-electron chi connectivity index (χ3n) is 1.57. The number of esters is 1. The van der Waals surface area contributed by atoms with Crippen molar-refractivity contribution >= 4 is 17.9 Å². The van der Waals surface area contributed by atoms with Crippen molar-refractivity contribution in [1.29, 1.82) is 0 Å². The van der Waals surface area contributed by atoms with Crippen LogP contribution in [-0.4, -0.2) is 40.8 Å². The molecule has 0 amide bonds. The summed E-state index contributed by atoms with van der Waals surface area (Å²) in [6, 6.07) is 0. The van der Waals surface area contributed by atoms with E-state index in [9.17, 15) is 4.79 Å². The molecule has 0 spiro atoms. The average molecular weight is 221 g/mol. The number of aliphatic carboxylic acids is 2. The molecule has 7 nitrogen and oxygen atoms in total. The van der Waals surface area contributed by atoms with Gasteiger partial charge in [0.1, 0.15) is 5.54 Å². The lowest BCUT2D eigenvalue weighted by atomic mass is 10.0. The number of carboxylic acids is 2. The monoisotopic (exact) mass is 221 g/mol. The van der Waals surface area contributed by atoms with Gasteiger partial charge in [-0.3, -0.25) is 4.79 Å². The third-order valence-corrected chi connectivity index (χ3v) is 1.57. The van der Waals surface area contributed by atoms with E-state index in [2.05, 4.69) is 4.74 Å². The molecule has 0 aromatic carbocycles. The van der Waals surface area contributed by atoms with Crippen LogP contribution in [-0.2, 0) is 19.1 Å². The highest BCUT2D eigenvalue weighted by Crippen LogP contribution is 2.05. The second-order valence-corrected chi connectivity index (χ2v) is 2.87. The van der Waals surface area contributed by atoms with Gasteiger partial charge in [0.25, 0.3) is 0 Å². The van der Waals surface area contributed by atoms with Crippen molar-refractivity contribution in [1.82, 2.24) is 0 Å². The third kappa shape index (κ3) is 7.44. The van der Waals surface area contributed by atoms with E-state index in [4.69, 9.17) is 25.5 Å². The van der Waals surface area contributed by atoms with Crippen molar-refractivity contribution in [3.05, 3.63) is 0 Å². The molecule has 0 aliphatic carbocycles. The summed E-state index contributed by atoms with van der Waals surface area (Å²) >= 11 is 0. The Kier molecular flexibility index (Phi) is 7.14. The number of carboxylic acid groups (broad SMARTS) is 2. The zero-order valence-electron chi connectivity index (χ0n) is 8.81. The summed E-state index contributed by atoms with van der Waals surface area (Å²) in [5.41, 5.74) is 4.68. The number of hydrogen-bond acceptors (Lipinski definition) is 5. The number of carbonyl (C=O) groups is 3. The standard InChI is InChI=1S/C6H13NO2.C2H2O4/c1-4-6(2,7)5(8)9-3;3-1(4)2(5)6/h4,7H2,1-3H3;(H,3,4)(H,5,6). The molecule has 0 aliphatic rings. The summed E-state index contributed by atoms with van der Waals surface area (Å²) in [5.74, 6) is -4.00. The smallest absolute Gasteiger partial charge is 0.414 e. The van der Waals surface area contributed by atoms with Gasteiger partial charge in [0.2, 0.25) is 0 Å². The molecule has 0 fully saturated rings. The van der Waals surface area contributed by atoms with Gasteiger partial charge < -0.3 is 20.7 Å². The Morgan fingerprint density at radius 1 is 1.27 bits per heavy atom. The van der Waals surface area contributed by atoms with Crippen LogP contribution in [0.5, 0.6) is 0 Å². The van der Waals surface area contributed by atoms with Crippen LogP contribution >= 0.6 is 0 Å². The lowest BCUT2D eigenvalue weighted by molar-refractivity contribution is -0.159. The molecule has 4 N–H and O–H groups in total. The van der Waals surface area contributed by atoms with Crippen molar-refractivity contribution in [3.63, 3.8) is 0 Å². The van der Waals surface area contributed by atoms with E-state index in [0.29, 0.717) is 6.42 Å². The van der Waals surface area contributed by atoms with E-state index in [1.165, 1.54) is 7.11 Å². The lowest BCUT2D eigenvalue weighted by Crippen LogP contribution is -2.44. The van der Waals surface area contributed by atoms with Crippen molar-refractivity contribution in [2.75, 3.05) is 7.11 Å². The molecule has 0 radical (unpaired) electrons. The zero-order valence-corrected chi connectivity index (χ0v) is 8.81. The van der Waals surface area contributed by atoms with Gasteiger partial charge in [0.05, 0.1) is 7.11 Å². The number of rotatable bonds is 2. The second kappa shape index (κ2) is 6.77. The fraction of sp³-hybridized carbons (Fsp3) is 0.625. The Labute approximate surface area is 86.8 Å². The lowest BCUT2D eigenvalue weighted by Gasteiger charge is -2.18. The van der Waals surface area contributed by atoms with E-state index in [1.807, 2.05) is 6.92 Å². The summed E-state index contributed by atoms with van der Waals surface area (Å²) in [4.78, 5) is 28.9. The van der Waals surface area contributed by atoms with Crippen LogP contribution in [0.4, 0.5) is 0 Å². The van der Waals surface area contributed by atoms with Gasteiger partial charge in [-0.05, 0) is 13.3 Å². The molecule has 0 bridgehead atoms. The number of carbonyl (C=O) groups excluding carboxylic acids is 1. The summed E-state index contributed by atoms with van der Waals surface area (Å²) in [6.45, 7) is 3.50. The van der Waals surface area contributed by atoms with E-state index in [0.717, 1.165) is 0 Å². The molecular formula is C8H15NO6. The van der Waals surface area contributed by atoms with Crippen LogP contribution in [0.3, 0.4) is 0 Å². The second-order valence-electron chi connectivity index (χ2n) is 2.87. The van der Waals surface area contributed by atoms with Gasteiger partial charge in [0, 0.05) is 0 Å². The van der Waals surface area contributed by atoms with Crippen LogP contribution in [0.25, 0.3) is 0 Å². The van der Waals surface area contributed by atoms with E-state index in [1.54, 1.807) is 6.92 Å². The van der Waals surface area contributed by atoms with Crippen molar-refractivity contribution < 1.29 is 29.3 Å². The number of nitrogens with two attached hydrogens (primary N) is 1. The fourth-order valence-corrected chi connectivity index (χ4v) is 0.377. The van der Waals surface area contributed by atoms with E-state index >= 15 is 0 Å². The maximum atomic E-state index is 10.7. The topological polar surface area (TPSA) is 127 Å². The highest BCUT2D eigenvalue weighted by molar-refractivity contribution is 6.27. The molecule has 7 heteroatoms. The van der Waals surface area contributed by atoms with Crippen LogP contribution < -0.4 is 5.73 Å². The fourth-order valence-electron chi connectivity index (χ4n) is 0.377. The first-order chi connectivity index (χ1) is 6.68. The molecule has 15 heavy (non-hydrogen) atoms. The molecule has 1 unspecified atom stereocenters. The van der Waals surface area contributed by atoms with Gasteiger partial charge in [0.15, 0.2) is 0 Å². The minimum atomic E-state index is -1.82. The van der Waals surface area contributed by atoms with Crippen LogP contribution in [0, 0.1) is 0 Å². The molecule has 1 atom stereocenters. The van der Waals surface area contributed by atoms with Crippen LogP contribution in [0.2, 0.25) is 0 Å². The molecule has 0 aliphatic heterocycles. The van der Waals surface area contributed by atoms with Crippen molar-refractivity contribution in [2.45, 2.75) is 25.8 Å². The first-order valence-corrected chi connectivity index (χ1v) is 4.02.